The van der Waals surface area contributed by atoms with Gasteiger partial charge in [-0.2, -0.15) is 0 Å². The highest BCUT2D eigenvalue weighted by molar-refractivity contribution is 14.0. The number of methoxy groups -OCH3 is 1. The Kier molecular flexibility index (Phi) is 9.34. The summed E-state index contributed by atoms with van der Waals surface area (Å²) < 4.78 is 18.6. The average Bonchev–Trinajstić information content (AvgIpc) is 2.45. The highest BCUT2D eigenvalue weighted by Gasteiger charge is 2.16. The summed E-state index contributed by atoms with van der Waals surface area (Å²) in [6.45, 7) is 7.55. The van der Waals surface area contributed by atoms with Crippen molar-refractivity contribution in [2.24, 2.45) is 4.99 Å². The molecule has 1 aromatic rings. The van der Waals surface area contributed by atoms with Crippen molar-refractivity contribution < 1.29 is 14.2 Å². The number of nitrogens with zero attached hydrogens (tertiary/aromatic N) is 1. The Hall–Kier alpha value is -1.09. The van der Waals surface area contributed by atoms with Gasteiger partial charge in [0, 0.05) is 20.2 Å². The number of nitrogens with one attached hydrogen (secondary N) is 2. The Morgan fingerprint density at radius 1 is 1.36 bits per heavy atom. The summed E-state index contributed by atoms with van der Waals surface area (Å²) in [5, 5.41) is 15.5. The number of rotatable bonds is 6. The average molecular weight is 425 g/mol. The van der Waals surface area contributed by atoms with E-state index in [1.54, 1.807) is 13.2 Å². The fourth-order valence-corrected chi connectivity index (χ4v) is 1.53. The van der Waals surface area contributed by atoms with Crippen molar-refractivity contribution in [1.29, 1.82) is 0 Å². The number of phenolic OH excluding ortho intramolecular Hbond substituents is 1. The lowest BCUT2D eigenvalue weighted by atomic mass is 10.1. The third-order valence-corrected chi connectivity index (χ3v) is 3.01. The minimum absolute atomic E-state index is 0. The Bertz CT molecular complexity index is 496. The van der Waals surface area contributed by atoms with Crippen LogP contribution in [0.15, 0.2) is 23.2 Å². The zero-order valence-electron chi connectivity index (χ0n) is 13.4. The first-order valence-electron chi connectivity index (χ1n) is 6.92. The molecule has 0 radical (unpaired) electrons. The van der Waals surface area contributed by atoms with Crippen molar-refractivity contribution in [3.05, 3.63) is 29.6 Å². The fraction of sp³-hybridized carbons (Fsp3) is 0.533. The number of benzene rings is 1. The minimum Gasteiger partial charge on any atom is -0.505 e. The number of hydrogen-bond donors (Lipinski definition) is 3. The van der Waals surface area contributed by atoms with Crippen LogP contribution in [0.4, 0.5) is 4.39 Å². The van der Waals surface area contributed by atoms with Crippen molar-refractivity contribution in [1.82, 2.24) is 10.6 Å². The molecule has 126 valence electrons. The second-order valence-electron chi connectivity index (χ2n) is 5.30. The predicted molar refractivity (Wildman–Crippen MR) is 97.4 cm³/mol. The molecule has 0 fully saturated rings. The van der Waals surface area contributed by atoms with E-state index in [2.05, 4.69) is 15.6 Å². The molecule has 5 nitrogen and oxygen atoms in total. The van der Waals surface area contributed by atoms with Crippen molar-refractivity contribution in [2.45, 2.75) is 32.9 Å². The largest absolute Gasteiger partial charge is 0.505 e. The van der Waals surface area contributed by atoms with Gasteiger partial charge in [0.05, 0.1) is 12.1 Å². The molecule has 0 unspecified atom stereocenters. The molecule has 0 saturated heterocycles. The molecule has 0 spiro atoms. The van der Waals surface area contributed by atoms with Gasteiger partial charge < -0.3 is 20.5 Å². The number of hydrogen-bond acceptors (Lipinski definition) is 3. The number of aliphatic imine (C=N–C) groups is 1. The molecule has 0 aliphatic carbocycles. The van der Waals surface area contributed by atoms with E-state index in [-0.39, 0.29) is 35.3 Å². The maximum atomic E-state index is 13.3. The monoisotopic (exact) mass is 425 g/mol. The van der Waals surface area contributed by atoms with Gasteiger partial charge in [0.25, 0.3) is 0 Å². The van der Waals surface area contributed by atoms with Gasteiger partial charge >= 0.3 is 0 Å². The Labute approximate surface area is 148 Å². The summed E-state index contributed by atoms with van der Waals surface area (Å²) >= 11 is 0. The zero-order chi connectivity index (χ0) is 15.9. The number of guanidine groups is 1. The molecule has 7 heteroatoms. The van der Waals surface area contributed by atoms with E-state index < -0.39 is 5.82 Å². The lowest BCUT2D eigenvalue weighted by molar-refractivity contribution is 0.0268. The van der Waals surface area contributed by atoms with Gasteiger partial charge in [-0.05, 0) is 38.5 Å². The van der Waals surface area contributed by atoms with Crippen LogP contribution in [-0.2, 0) is 11.3 Å². The van der Waals surface area contributed by atoms with Gasteiger partial charge in [0.15, 0.2) is 17.5 Å². The smallest absolute Gasteiger partial charge is 0.191 e. The van der Waals surface area contributed by atoms with Crippen molar-refractivity contribution in [3.8, 4) is 5.75 Å². The molecule has 0 aliphatic heterocycles. The first kappa shape index (κ1) is 20.9. The number of ether oxygens (including phenoxy) is 1. The number of phenols is 1. The molecule has 0 bridgehead atoms. The van der Waals surface area contributed by atoms with Crippen molar-refractivity contribution in [2.75, 3.05) is 20.2 Å². The van der Waals surface area contributed by atoms with Gasteiger partial charge in [0.1, 0.15) is 0 Å². The SMILES string of the molecule is CCNC(=NCc1ccc(O)c(F)c1)NCC(C)(C)OC.I. The van der Waals surface area contributed by atoms with Crippen LogP contribution in [0.5, 0.6) is 5.75 Å². The summed E-state index contributed by atoms with van der Waals surface area (Å²) in [6, 6.07) is 4.25. The first-order valence-corrected chi connectivity index (χ1v) is 6.92. The summed E-state index contributed by atoms with van der Waals surface area (Å²) in [7, 11) is 1.66. The maximum Gasteiger partial charge on any atom is 0.191 e. The molecule has 1 rings (SSSR count). The molecule has 1 aromatic carbocycles. The summed E-state index contributed by atoms with van der Waals surface area (Å²) in [5.74, 6) is -0.355. The van der Waals surface area contributed by atoms with E-state index in [4.69, 9.17) is 9.84 Å². The molecule has 0 atom stereocenters. The topological polar surface area (TPSA) is 65.9 Å². The van der Waals surface area contributed by atoms with E-state index >= 15 is 0 Å². The maximum absolute atomic E-state index is 13.3. The quantitative estimate of drug-likeness (QED) is 0.373. The number of aromatic hydroxyl groups is 1. The van der Waals surface area contributed by atoms with E-state index in [0.717, 1.165) is 6.54 Å². The molecule has 3 N–H and O–H groups in total. The van der Waals surface area contributed by atoms with Crippen LogP contribution in [0.1, 0.15) is 26.3 Å². The summed E-state index contributed by atoms with van der Waals surface area (Å²) in [6.07, 6.45) is 0. The molecule has 0 saturated carbocycles. The van der Waals surface area contributed by atoms with E-state index in [0.29, 0.717) is 24.6 Å². The van der Waals surface area contributed by atoms with Crippen LogP contribution in [-0.4, -0.2) is 36.9 Å². The molecule has 0 amide bonds. The van der Waals surface area contributed by atoms with Gasteiger partial charge in [-0.3, -0.25) is 0 Å². The van der Waals surface area contributed by atoms with Gasteiger partial charge in [0.2, 0.25) is 0 Å². The van der Waals surface area contributed by atoms with Crippen LogP contribution < -0.4 is 10.6 Å². The molecule has 0 heterocycles. The van der Waals surface area contributed by atoms with Crippen LogP contribution in [0.25, 0.3) is 0 Å². The second kappa shape index (κ2) is 9.83. The summed E-state index contributed by atoms with van der Waals surface area (Å²) in [5.41, 5.74) is 0.384. The molecule has 0 aliphatic rings. The van der Waals surface area contributed by atoms with Gasteiger partial charge in [-0.1, -0.05) is 6.07 Å². The first-order chi connectivity index (χ1) is 9.88. The van der Waals surface area contributed by atoms with Gasteiger partial charge in [-0.15, -0.1) is 24.0 Å². The fourth-order valence-electron chi connectivity index (χ4n) is 1.53. The molecular formula is C15H25FIN3O2. The normalized spacial score (nSPS) is 11.8. The van der Waals surface area contributed by atoms with Crippen LogP contribution in [0.3, 0.4) is 0 Å². The molecule has 0 aromatic heterocycles. The van der Waals surface area contributed by atoms with Crippen molar-refractivity contribution >= 4 is 29.9 Å². The Morgan fingerprint density at radius 2 is 2.05 bits per heavy atom. The van der Waals surface area contributed by atoms with Crippen LogP contribution in [0, 0.1) is 5.82 Å². The van der Waals surface area contributed by atoms with E-state index in [9.17, 15) is 4.39 Å². The van der Waals surface area contributed by atoms with Crippen LogP contribution in [0.2, 0.25) is 0 Å². The third kappa shape index (κ3) is 7.26. The number of halogens is 2. The molecular weight excluding hydrogens is 400 g/mol. The highest BCUT2D eigenvalue weighted by atomic mass is 127. The molecule has 22 heavy (non-hydrogen) atoms. The zero-order valence-corrected chi connectivity index (χ0v) is 15.8. The van der Waals surface area contributed by atoms with Crippen LogP contribution >= 0.6 is 24.0 Å². The highest BCUT2D eigenvalue weighted by Crippen LogP contribution is 2.16. The lowest BCUT2D eigenvalue weighted by Crippen LogP contribution is -2.45. The minimum atomic E-state index is -0.638. The van der Waals surface area contributed by atoms with E-state index in [1.807, 2.05) is 20.8 Å². The predicted octanol–water partition coefficient (Wildman–Crippen LogP) is 2.63. The van der Waals surface area contributed by atoms with Gasteiger partial charge in [-0.25, -0.2) is 9.38 Å². The standard InChI is InChI=1S/C15H24FN3O2.HI/c1-5-17-14(19-10-15(2,3)21-4)18-9-11-6-7-13(20)12(16)8-11;/h6-8,20H,5,9-10H2,1-4H3,(H2,17,18,19);1H. The summed E-state index contributed by atoms with van der Waals surface area (Å²) in [4.78, 5) is 4.38. The lowest BCUT2D eigenvalue weighted by Gasteiger charge is -2.24. The van der Waals surface area contributed by atoms with E-state index in [1.165, 1.54) is 12.1 Å². The van der Waals surface area contributed by atoms with Crippen molar-refractivity contribution in [3.63, 3.8) is 0 Å². The second-order valence-corrected chi connectivity index (χ2v) is 5.30. The Balaban J connectivity index is 0.00000441. The third-order valence-electron chi connectivity index (χ3n) is 3.01. The Morgan fingerprint density at radius 3 is 2.59 bits per heavy atom.